The van der Waals surface area contributed by atoms with Crippen molar-refractivity contribution in [2.24, 2.45) is 7.05 Å². The van der Waals surface area contributed by atoms with Crippen molar-refractivity contribution in [1.82, 2.24) is 9.78 Å². The molecule has 0 fully saturated rings. The topological polar surface area (TPSA) is 70.9 Å². The zero-order valence-electron chi connectivity index (χ0n) is 13.0. The Morgan fingerprint density at radius 2 is 2.14 bits per heavy atom. The third kappa shape index (κ3) is 3.00. The standard InChI is InChI=1S/C16H21N5/c1-11(2)21(10-13-6-5-7-14(18)8-13)16-15(9-17)12(3)19-20(16)4/h5-8,11H,10,18H2,1-4H3. The molecule has 0 saturated heterocycles. The zero-order chi connectivity index (χ0) is 15.6. The molecule has 2 aromatic rings. The first-order chi connectivity index (χ1) is 9.93. The molecule has 0 saturated carbocycles. The molecule has 0 aliphatic heterocycles. The van der Waals surface area contributed by atoms with Gasteiger partial charge in [-0.25, -0.2) is 0 Å². The van der Waals surface area contributed by atoms with E-state index in [0.717, 1.165) is 22.8 Å². The summed E-state index contributed by atoms with van der Waals surface area (Å²) in [6.45, 7) is 6.77. The average Bonchev–Trinajstić information content (AvgIpc) is 2.69. The van der Waals surface area contributed by atoms with Crippen LogP contribution in [-0.4, -0.2) is 15.8 Å². The SMILES string of the molecule is Cc1nn(C)c(N(Cc2cccc(N)c2)C(C)C)c1C#N. The van der Waals surface area contributed by atoms with Gasteiger partial charge in [0.2, 0.25) is 0 Å². The van der Waals surface area contributed by atoms with Crippen LogP contribution in [0.1, 0.15) is 30.7 Å². The van der Waals surface area contributed by atoms with Crippen LogP contribution in [0.15, 0.2) is 24.3 Å². The molecule has 2 rings (SSSR count). The van der Waals surface area contributed by atoms with Crippen LogP contribution >= 0.6 is 0 Å². The summed E-state index contributed by atoms with van der Waals surface area (Å²) in [7, 11) is 1.87. The molecule has 0 aliphatic carbocycles. The van der Waals surface area contributed by atoms with Crippen molar-refractivity contribution in [3.05, 3.63) is 41.1 Å². The minimum atomic E-state index is 0.244. The molecule has 21 heavy (non-hydrogen) atoms. The molecule has 1 aromatic heterocycles. The van der Waals surface area contributed by atoms with E-state index in [1.807, 2.05) is 38.2 Å². The summed E-state index contributed by atoms with van der Waals surface area (Å²) in [6, 6.07) is 10.3. The molecule has 0 spiro atoms. The number of nitrogens with two attached hydrogens (primary N) is 1. The first kappa shape index (κ1) is 14.9. The van der Waals surface area contributed by atoms with E-state index in [0.29, 0.717) is 12.1 Å². The van der Waals surface area contributed by atoms with Crippen molar-refractivity contribution in [3.8, 4) is 6.07 Å². The molecule has 0 aliphatic rings. The predicted molar refractivity (Wildman–Crippen MR) is 84.8 cm³/mol. The maximum Gasteiger partial charge on any atom is 0.145 e. The molecule has 0 amide bonds. The van der Waals surface area contributed by atoms with Gasteiger partial charge in [0.15, 0.2) is 0 Å². The van der Waals surface area contributed by atoms with Crippen molar-refractivity contribution in [2.45, 2.75) is 33.4 Å². The number of rotatable bonds is 4. The van der Waals surface area contributed by atoms with Gasteiger partial charge >= 0.3 is 0 Å². The van der Waals surface area contributed by atoms with Crippen LogP contribution in [0.4, 0.5) is 11.5 Å². The van der Waals surface area contributed by atoms with Gasteiger partial charge in [0, 0.05) is 25.3 Å². The van der Waals surface area contributed by atoms with Gasteiger partial charge in [0.25, 0.3) is 0 Å². The van der Waals surface area contributed by atoms with Crippen molar-refractivity contribution >= 4 is 11.5 Å². The predicted octanol–water partition coefficient (Wildman–Crippen LogP) is 2.60. The summed E-state index contributed by atoms with van der Waals surface area (Å²) in [4.78, 5) is 2.17. The minimum absolute atomic E-state index is 0.244. The Balaban J connectivity index is 2.43. The molecular weight excluding hydrogens is 262 g/mol. The van der Waals surface area contributed by atoms with Crippen LogP contribution in [0, 0.1) is 18.3 Å². The monoisotopic (exact) mass is 283 g/mol. The lowest BCUT2D eigenvalue weighted by atomic mass is 10.1. The Hall–Kier alpha value is -2.48. The number of nitriles is 1. The molecule has 0 unspecified atom stereocenters. The highest BCUT2D eigenvalue weighted by atomic mass is 15.4. The molecule has 2 N–H and O–H groups in total. The maximum atomic E-state index is 9.40. The van der Waals surface area contributed by atoms with Crippen molar-refractivity contribution in [1.29, 1.82) is 5.26 Å². The van der Waals surface area contributed by atoms with E-state index in [4.69, 9.17) is 5.73 Å². The average molecular weight is 283 g/mol. The van der Waals surface area contributed by atoms with E-state index in [-0.39, 0.29) is 6.04 Å². The van der Waals surface area contributed by atoms with Gasteiger partial charge in [-0.3, -0.25) is 4.68 Å². The van der Waals surface area contributed by atoms with Crippen LogP contribution in [0.2, 0.25) is 0 Å². The van der Waals surface area contributed by atoms with E-state index in [1.54, 1.807) is 4.68 Å². The summed E-state index contributed by atoms with van der Waals surface area (Å²) in [5, 5.41) is 13.8. The number of hydrogen-bond acceptors (Lipinski definition) is 4. The molecule has 110 valence electrons. The maximum absolute atomic E-state index is 9.40. The number of nitrogen functional groups attached to an aromatic ring is 1. The normalized spacial score (nSPS) is 10.7. The largest absolute Gasteiger partial charge is 0.399 e. The van der Waals surface area contributed by atoms with Crippen LogP contribution in [0.5, 0.6) is 0 Å². The number of aryl methyl sites for hydroxylation is 2. The van der Waals surface area contributed by atoms with E-state index >= 15 is 0 Å². The summed E-state index contributed by atoms with van der Waals surface area (Å²) in [5.74, 6) is 0.854. The van der Waals surface area contributed by atoms with Gasteiger partial charge in [-0.2, -0.15) is 10.4 Å². The molecule has 0 bridgehead atoms. The molecule has 5 heteroatoms. The molecule has 1 aromatic carbocycles. The first-order valence-electron chi connectivity index (χ1n) is 6.98. The van der Waals surface area contributed by atoms with E-state index in [9.17, 15) is 5.26 Å². The van der Waals surface area contributed by atoms with Crippen LogP contribution in [0.25, 0.3) is 0 Å². The minimum Gasteiger partial charge on any atom is -0.399 e. The van der Waals surface area contributed by atoms with Gasteiger partial charge < -0.3 is 10.6 Å². The molecule has 5 nitrogen and oxygen atoms in total. The van der Waals surface area contributed by atoms with Gasteiger partial charge in [-0.1, -0.05) is 12.1 Å². The number of aromatic nitrogens is 2. The summed E-state index contributed by atoms with van der Waals surface area (Å²) < 4.78 is 1.78. The third-order valence-electron chi connectivity index (χ3n) is 3.50. The lowest BCUT2D eigenvalue weighted by molar-refractivity contribution is 0.634. The second kappa shape index (κ2) is 5.88. The Morgan fingerprint density at radius 3 is 2.71 bits per heavy atom. The van der Waals surface area contributed by atoms with Crippen LogP contribution in [-0.2, 0) is 13.6 Å². The lowest BCUT2D eigenvalue weighted by Crippen LogP contribution is -2.32. The number of nitrogens with zero attached hydrogens (tertiary/aromatic N) is 4. The fraction of sp³-hybridized carbons (Fsp3) is 0.375. The van der Waals surface area contributed by atoms with Crippen molar-refractivity contribution in [2.75, 3.05) is 10.6 Å². The van der Waals surface area contributed by atoms with Crippen LogP contribution < -0.4 is 10.6 Å². The molecule has 0 radical (unpaired) electrons. The molecule has 0 atom stereocenters. The fourth-order valence-electron chi connectivity index (χ4n) is 2.50. The zero-order valence-corrected chi connectivity index (χ0v) is 13.0. The quantitative estimate of drug-likeness (QED) is 0.875. The third-order valence-corrected chi connectivity index (χ3v) is 3.50. The number of benzene rings is 1. The van der Waals surface area contributed by atoms with Gasteiger partial charge in [0.1, 0.15) is 17.5 Å². The highest BCUT2D eigenvalue weighted by Gasteiger charge is 2.21. The van der Waals surface area contributed by atoms with Crippen LogP contribution in [0.3, 0.4) is 0 Å². The smallest absolute Gasteiger partial charge is 0.145 e. The van der Waals surface area contributed by atoms with Crippen molar-refractivity contribution < 1.29 is 0 Å². The Labute approximate surface area is 125 Å². The summed E-state index contributed by atoms with van der Waals surface area (Å²) >= 11 is 0. The lowest BCUT2D eigenvalue weighted by Gasteiger charge is -2.29. The molecule has 1 heterocycles. The number of hydrogen-bond donors (Lipinski definition) is 1. The number of anilines is 2. The molecular formula is C16H21N5. The van der Waals surface area contributed by atoms with Gasteiger partial charge in [-0.05, 0) is 38.5 Å². The fourth-order valence-corrected chi connectivity index (χ4v) is 2.50. The Kier molecular flexibility index (Phi) is 4.18. The highest BCUT2D eigenvalue weighted by molar-refractivity contribution is 5.58. The van der Waals surface area contributed by atoms with Gasteiger partial charge in [-0.15, -0.1) is 0 Å². The van der Waals surface area contributed by atoms with Gasteiger partial charge in [0.05, 0.1) is 5.69 Å². The first-order valence-corrected chi connectivity index (χ1v) is 6.98. The van der Waals surface area contributed by atoms with E-state index < -0.39 is 0 Å². The second-order valence-corrected chi connectivity index (χ2v) is 5.49. The van der Waals surface area contributed by atoms with E-state index in [2.05, 4.69) is 29.9 Å². The Morgan fingerprint density at radius 1 is 1.43 bits per heavy atom. The van der Waals surface area contributed by atoms with Crippen molar-refractivity contribution in [3.63, 3.8) is 0 Å². The highest BCUT2D eigenvalue weighted by Crippen LogP contribution is 2.26. The van der Waals surface area contributed by atoms with E-state index in [1.165, 1.54) is 0 Å². The summed E-state index contributed by atoms with van der Waals surface area (Å²) in [5.41, 5.74) is 9.11. The summed E-state index contributed by atoms with van der Waals surface area (Å²) in [6.07, 6.45) is 0. The second-order valence-electron chi connectivity index (χ2n) is 5.49. The Bertz CT molecular complexity index is 678.